The Morgan fingerprint density at radius 3 is 2.71 bits per heavy atom. The maximum absolute atomic E-state index is 13.1. The Bertz CT molecular complexity index is 1080. The molecule has 0 unspecified atom stereocenters. The lowest BCUT2D eigenvalue weighted by Gasteiger charge is -2.16. The molecular formula is C20H22F3N5O3. The number of hydrogen-bond donors (Lipinski definition) is 1. The standard InChI is InChI=1S/C20H22F3N5O3/c1-12-15(13(2)28-19(26-12)24-11-25-28)5-7-18(29)27-16-10-14(20(21,22)23)4-6-17(16)31-9-8-30-3/h4,6,10-11H,5,7-9H2,1-3H3,(H,27,29). The zero-order valence-corrected chi connectivity index (χ0v) is 17.3. The van der Waals surface area contributed by atoms with Gasteiger partial charge < -0.3 is 14.8 Å². The van der Waals surface area contributed by atoms with Crippen LogP contribution in [0.15, 0.2) is 24.5 Å². The summed E-state index contributed by atoms with van der Waals surface area (Å²) in [5, 5.41) is 6.64. The number of aryl methyl sites for hydroxylation is 2. The van der Waals surface area contributed by atoms with Crippen LogP contribution in [0.2, 0.25) is 0 Å². The van der Waals surface area contributed by atoms with Crippen molar-refractivity contribution in [3.05, 3.63) is 47.0 Å². The van der Waals surface area contributed by atoms with E-state index in [0.29, 0.717) is 17.9 Å². The zero-order valence-electron chi connectivity index (χ0n) is 17.3. The molecule has 0 atom stereocenters. The lowest BCUT2D eigenvalue weighted by molar-refractivity contribution is -0.137. The number of alkyl halides is 3. The molecule has 0 saturated heterocycles. The maximum Gasteiger partial charge on any atom is 0.416 e. The number of halogens is 3. The van der Waals surface area contributed by atoms with Gasteiger partial charge in [0.05, 0.1) is 17.9 Å². The first-order chi connectivity index (χ1) is 14.7. The van der Waals surface area contributed by atoms with Crippen LogP contribution in [-0.4, -0.2) is 45.8 Å². The van der Waals surface area contributed by atoms with Crippen LogP contribution < -0.4 is 10.1 Å². The van der Waals surface area contributed by atoms with Gasteiger partial charge in [0.2, 0.25) is 5.91 Å². The molecule has 1 amide bonds. The van der Waals surface area contributed by atoms with Crippen molar-refractivity contribution in [3.63, 3.8) is 0 Å². The molecule has 31 heavy (non-hydrogen) atoms. The number of rotatable bonds is 8. The van der Waals surface area contributed by atoms with Gasteiger partial charge in [-0.3, -0.25) is 4.79 Å². The van der Waals surface area contributed by atoms with Crippen molar-refractivity contribution in [2.45, 2.75) is 32.9 Å². The van der Waals surface area contributed by atoms with Crippen molar-refractivity contribution in [2.75, 3.05) is 25.6 Å². The summed E-state index contributed by atoms with van der Waals surface area (Å²) in [5.41, 5.74) is 1.42. The molecule has 2 heterocycles. The third-order valence-corrected chi connectivity index (χ3v) is 4.72. The van der Waals surface area contributed by atoms with E-state index in [0.717, 1.165) is 23.4 Å². The van der Waals surface area contributed by atoms with Crippen LogP contribution in [0.3, 0.4) is 0 Å². The van der Waals surface area contributed by atoms with Gasteiger partial charge in [-0.1, -0.05) is 0 Å². The number of carbonyl (C=O) groups is 1. The Morgan fingerprint density at radius 1 is 1.23 bits per heavy atom. The molecule has 166 valence electrons. The van der Waals surface area contributed by atoms with Crippen LogP contribution in [0.25, 0.3) is 5.78 Å². The van der Waals surface area contributed by atoms with E-state index in [1.165, 1.54) is 19.5 Å². The number of benzene rings is 1. The predicted octanol–water partition coefficient (Wildman–Crippen LogP) is 3.36. The van der Waals surface area contributed by atoms with Gasteiger partial charge in [0.1, 0.15) is 18.7 Å². The minimum atomic E-state index is -4.54. The third-order valence-electron chi connectivity index (χ3n) is 4.72. The first-order valence-electron chi connectivity index (χ1n) is 9.49. The quantitative estimate of drug-likeness (QED) is 0.544. The molecule has 0 aliphatic carbocycles. The minimum absolute atomic E-state index is 0.0390. The monoisotopic (exact) mass is 437 g/mol. The largest absolute Gasteiger partial charge is 0.489 e. The molecule has 0 bridgehead atoms. The number of nitrogens with one attached hydrogen (secondary N) is 1. The van der Waals surface area contributed by atoms with Gasteiger partial charge in [0.25, 0.3) is 5.78 Å². The summed E-state index contributed by atoms with van der Waals surface area (Å²) in [6.07, 6.45) is -2.77. The van der Waals surface area contributed by atoms with Gasteiger partial charge >= 0.3 is 6.18 Å². The SMILES string of the molecule is COCCOc1ccc(C(F)(F)F)cc1NC(=O)CCc1c(C)nc2ncnn2c1C. The number of fused-ring (bicyclic) bond motifs is 1. The van der Waals surface area contributed by atoms with E-state index in [2.05, 4.69) is 20.4 Å². The molecule has 2 aromatic heterocycles. The summed E-state index contributed by atoms with van der Waals surface area (Å²) in [6, 6.07) is 2.95. The molecule has 11 heteroatoms. The number of methoxy groups -OCH3 is 1. The second-order valence-electron chi connectivity index (χ2n) is 6.83. The number of anilines is 1. The molecule has 0 fully saturated rings. The lowest BCUT2D eigenvalue weighted by Crippen LogP contribution is -2.16. The van der Waals surface area contributed by atoms with E-state index in [1.807, 2.05) is 13.8 Å². The van der Waals surface area contributed by atoms with Gasteiger partial charge in [-0.15, -0.1) is 0 Å². The maximum atomic E-state index is 13.1. The van der Waals surface area contributed by atoms with E-state index in [-0.39, 0.29) is 31.1 Å². The molecule has 8 nitrogen and oxygen atoms in total. The first kappa shape index (κ1) is 22.5. The highest BCUT2D eigenvalue weighted by molar-refractivity contribution is 5.92. The molecule has 0 radical (unpaired) electrons. The Kier molecular flexibility index (Phi) is 6.74. The van der Waals surface area contributed by atoms with Crippen molar-refractivity contribution >= 4 is 17.4 Å². The molecule has 3 aromatic rings. The topological polar surface area (TPSA) is 90.6 Å². The molecule has 1 N–H and O–H groups in total. The summed E-state index contributed by atoms with van der Waals surface area (Å²) < 4.78 is 51.2. The minimum Gasteiger partial charge on any atom is -0.489 e. The summed E-state index contributed by atoms with van der Waals surface area (Å²) in [4.78, 5) is 20.9. The van der Waals surface area contributed by atoms with E-state index in [4.69, 9.17) is 9.47 Å². The fraction of sp³-hybridized carbons (Fsp3) is 0.400. The molecule has 3 rings (SSSR count). The average Bonchev–Trinajstić information content (AvgIpc) is 3.16. The normalized spacial score (nSPS) is 11.7. The predicted molar refractivity (Wildman–Crippen MR) is 106 cm³/mol. The van der Waals surface area contributed by atoms with Gasteiger partial charge in [-0.25, -0.2) is 9.50 Å². The molecule has 0 saturated carbocycles. The third kappa shape index (κ3) is 5.29. The molecule has 0 aliphatic heterocycles. The van der Waals surface area contributed by atoms with E-state index >= 15 is 0 Å². The van der Waals surface area contributed by atoms with E-state index in [1.54, 1.807) is 4.52 Å². The van der Waals surface area contributed by atoms with Crippen LogP contribution in [0.1, 0.15) is 28.9 Å². The van der Waals surface area contributed by atoms with Crippen LogP contribution in [-0.2, 0) is 22.1 Å². The van der Waals surface area contributed by atoms with E-state index in [9.17, 15) is 18.0 Å². The number of amides is 1. The number of aromatic nitrogens is 4. The highest BCUT2D eigenvalue weighted by Gasteiger charge is 2.31. The number of nitrogens with zero attached hydrogens (tertiary/aromatic N) is 4. The summed E-state index contributed by atoms with van der Waals surface area (Å²) >= 11 is 0. The zero-order chi connectivity index (χ0) is 22.6. The van der Waals surface area contributed by atoms with Crippen molar-refractivity contribution in [1.82, 2.24) is 19.6 Å². The van der Waals surface area contributed by atoms with Gasteiger partial charge in [-0.05, 0) is 44.0 Å². The smallest absolute Gasteiger partial charge is 0.416 e. The van der Waals surface area contributed by atoms with Crippen LogP contribution >= 0.6 is 0 Å². The fourth-order valence-corrected chi connectivity index (χ4v) is 3.13. The number of hydrogen-bond acceptors (Lipinski definition) is 6. The summed E-state index contributed by atoms with van der Waals surface area (Å²) in [7, 11) is 1.48. The van der Waals surface area contributed by atoms with Crippen molar-refractivity contribution in [3.8, 4) is 5.75 Å². The molecule has 0 spiro atoms. The molecule has 1 aromatic carbocycles. The Morgan fingerprint density at radius 2 is 2.00 bits per heavy atom. The number of ether oxygens (including phenoxy) is 2. The van der Waals surface area contributed by atoms with Crippen LogP contribution in [0, 0.1) is 13.8 Å². The Balaban J connectivity index is 1.76. The fourth-order valence-electron chi connectivity index (χ4n) is 3.13. The van der Waals surface area contributed by atoms with Gasteiger partial charge in [0, 0.05) is 24.9 Å². The second kappa shape index (κ2) is 9.29. The summed E-state index contributed by atoms with van der Waals surface area (Å²) in [5.74, 6) is 0.148. The molecular weight excluding hydrogens is 415 g/mol. The van der Waals surface area contributed by atoms with Gasteiger partial charge in [-0.2, -0.15) is 23.3 Å². The highest BCUT2D eigenvalue weighted by Crippen LogP contribution is 2.35. The highest BCUT2D eigenvalue weighted by atomic mass is 19.4. The summed E-state index contributed by atoms with van der Waals surface area (Å²) in [6.45, 7) is 4.04. The van der Waals surface area contributed by atoms with Gasteiger partial charge in [0.15, 0.2) is 0 Å². The molecule has 0 aliphatic rings. The lowest BCUT2D eigenvalue weighted by atomic mass is 10.1. The Hall–Kier alpha value is -3.21. The Labute approximate surface area is 176 Å². The second-order valence-corrected chi connectivity index (χ2v) is 6.83. The number of carbonyl (C=O) groups excluding carboxylic acids is 1. The average molecular weight is 437 g/mol. The van der Waals surface area contributed by atoms with Crippen molar-refractivity contribution < 1.29 is 27.4 Å². The van der Waals surface area contributed by atoms with E-state index < -0.39 is 17.6 Å². The van der Waals surface area contributed by atoms with Crippen molar-refractivity contribution in [2.24, 2.45) is 0 Å². The van der Waals surface area contributed by atoms with Crippen LogP contribution in [0.4, 0.5) is 18.9 Å². The van der Waals surface area contributed by atoms with Crippen LogP contribution in [0.5, 0.6) is 5.75 Å². The first-order valence-corrected chi connectivity index (χ1v) is 9.49. The van der Waals surface area contributed by atoms with Crippen molar-refractivity contribution in [1.29, 1.82) is 0 Å².